The normalized spacial score (nSPS) is 19.3. The lowest BCUT2D eigenvalue weighted by atomic mass is 9.71. The molecule has 1 aromatic carbocycles. The zero-order valence-corrected chi connectivity index (χ0v) is 15.4. The minimum absolute atomic E-state index is 0.0283. The zero-order valence-electron chi connectivity index (χ0n) is 15.4. The molecule has 2 amide bonds. The van der Waals surface area contributed by atoms with Crippen LogP contribution in [0.3, 0.4) is 0 Å². The number of benzene rings is 1. The highest BCUT2D eigenvalue weighted by molar-refractivity contribution is 5.99. The molecule has 1 saturated carbocycles. The quantitative estimate of drug-likeness (QED) is 0.727. The molecule has 0 atom stereocenters. The highest BCUT2D eigenvalue weighted by atomic mass is 16.2. The summed E-state index contributed by atoms with van der Waals surface area (Å²) >= 11 is 0. The molecule has 6 heteroatoms. The number of nitrogens with two attached hydrogens (primary N) is 2. The molecule has 1 heterocycles. The van der Waals surface area contributed by atoms with Crippen LogP contribution in [-0.2, 0) is 4.79 Å². The second-order valence-corrected chi connectivity index (χ2v) is 7.78. The molecule has 142 valence electrons. The van der Waals surface area contributed by atoms with Crippen LogP contribution in [0.2, 0.25) is 0 Å². The number of carbonyl (C=O) groups is 2. The van der Waals surface area contributed by atoms with E-state index in [4.69, 9.17) is 11.5 Å². The van der Waals surface area contributed by atoms with Crippen LogP contribution in [-0.4, -0.2) is 31.4 Å². The minimum atomic E-state index is -0.487. The van der Waals surface area contributed by atoms with E-state index in [1.165, 1.54) is 6.42 Å². The number of amides is 2. The van der Waals surface area contributed by atoms with Crippen molar-refractivity contribution in [2.75, 3.05) is 29.9 Å². The lowest BCUT2D eigenvalue weighted by Crippen LogP contribution is -2.36. The molecular formula is C20H30N4O2. The third kappa shape index (κ3) is 4.18. The van der Waals surface area contributed by atoms with Gasteiger partial charge in [0.25, 0.3) is 0 Å². The minimum Gasteiger partial charge on any atom is -0.370 e. The summed E-state index contributed by atoms with van der Waals surface area (Å²) in [7, 11) is 0. The van der Waals surface area contributed by atoms with Crippen molar-refractivity contribution in [3.63, 3.8) is 0 Å². The number of rotatable bonds is 6. The SMILES string of the molecule is NCC1(CC(=O)Nc2cc(C(N)=O)ccc2N2CCCC2)CCCCC1. The summed E-state index contributed by atoms with van der Waals surface area (Å²) < 4.78 is 0. The van der Waals surface area contributed by atoms with Gasteiger partial charge in [-0.15, -0.1) is 0 Å². The van der Waals surface area contributed by atoms with Gasteiger partial charge in [-0.05, 0) is 55.8 Å². The van der Waals surface area contributed by atoms with Gasteiger partial charge in [-0.3, -0.25) is 9.59 Å². The molecule has 0 aromatic heterocycles. The predicted molar refractivity (Wildman–Crippen MR) is 104 cm³/mol. The van der Waals surface area contributed by atoms with E-state index in [-0.39, 0.29) is 11.3 Å². The van der Waals surface area contributed by atoms with E-state index < -0.39 is 5.91 Å². The van der Waals surface area contributed by atoms with Gasteiger partial charge in [0.1, 0.15) is 0 Å². The van der Waals surface area contributed by atoms with Crippen LogP contribution in [0.5, 0.6) is 0 Å². The monoisotopic (exact) mass is 358 g/mol. The van der Waals surface area contributed by atoms with Gasteiger partial charge in [-0.1, -0.05) is 19.3 Å². The van der Waals surface area contributed by atoms with Crippen molar-refractivity contribution in [2.45, 2.75) is 51.4 Å². The van der Waals surface area contributed by atoms with Gasteiger partial charge in [0.15, 0.2) is 0 Å². The van der Waals surface area contributed by atoms with E-state index in [0.717, 1.165) is 57.3 Å². The van der Waals surface area contributed by atoms with Crippen LogP contribution < -0.4 is 21.7 Å². The third-order valence-electron chi connectivity index (χ3n) is 5.88. The molecule has 1 aliphatic heterocycles. The summed E-state index contributed by atoms with van der Waals surface area (Å²) in [6.45, 7) is 2.47. The predicted octanol–water partition coefficient (Wildman–Crippen LogP) is 2.62. The summed E-state index contributed by atoms with van der Waals surface area (Å²) in [5.41, 5.74) is 13.4. The molecule has 0 unspecified atom stereocenters. The molecule has 0 spiro atoms. The van der Waals surface area contributed by atoms with Gasteiger partial charge in [-0.2, -0.15) is 0 Å². The number of nitrogens with one attached hydrogen (secondary N) is 1. The largest absolute Gasteiger partial charge is 0.370 e. The van der Waals surface area contributed by atoms with Crippen LogP contribution >= 0.6 is 0 Å². The Morgan fingerprint density at radius 1 is 1.08 bits per heavy atom. The Hall–Kier alpha value is -2.08. The first-order valence-corrected chi connectivity index (χ1v) is 9.72. The second-order valence-electron chi connectivity index (χ2n) is 7.78. The summed E-state index contributed by atoms with van der Waals surface area (Å²) in [5, 5.41) is 3.05. The molecular weight excluding hydrogens is 328 g/mol. The first kappa shape index (κ1) is 18.7. The van der Waals surface area contributed by atoms with Crippen LogP contribution in [0.4, 0.5) is 11.4 Å². The lowest BCUT2D eigenvalue weighted by Gasteiger charge is -2.35. The fourth-order valence-corrected chi connectivity index (χ4v) is 4.31. The summed E-state index contributed by atoms with van der Waals surface area (Å²) in [6, 6.07) is 5.32. The Morgan fingerprint density at radius 2 is 1.77 bits per heavy atom. The summed E-state index contributed by atoms with van der Waals surface area (Å²) in [4.78, 5) is 26.6. The lowest BCUT2D eigenvalue weighted by molar-refractivity contribution is -0.118. The summed E-state index contributed by atoms with van der Waals surface area (Å²) in [6.07, 6.45) is 8.24. The van der Waals surface area contributed by atoms with Crippen molar-refractivity contribution in [1.29, 1.82) is 0 Å². The average Bonchev–Trinajstić information content (AvgIpc) is 3.16. The molecule has 26 heavy (non-hydrogen) atoms. The highest BCUT2D eigenvalue weighted by Gasteiger charge is 2.33. The second kappa shape index (κ2) is 8.08. The number of carbonyl (C=O) groups excluding carboxylic acids is 2. The molecule has 1 saturated heterocycles. The number of hydrogen-bond donors (Lipinski definition) is 3. The van der Waals surface area contributed by atoms with Crippen molar-refractivity contribution in [3.05, 3.63) is 23.8 Å². The van der Waals surface area contributed by atoms with E-state index in [9.17, 15) is 9.59 Å². The Balaban J connectivity index is 1.79. The fraction of sp³-hybridized carbons (Fsp3) is 0.600. The van der Waals surface area contributed by atoms with E-state index in [1.807, 2.05) is 6.07 Å². The Labute approximate surface area is 155 Å². The molecule has 1 aliphatic carbocycles. The number of hydrogen-bond acceptors (Lipinski definition) is 4. The Morgan fingerprint density at radius 3 is 2.38 bits per heavy atom. The molecule has 6 nitrogen and oxygen atoms in total. The average molecular weight is 358 g/mol. The van der Waals surface area contributed by atoms with Crippen LogP contribution in [0.25, 0.3) is 0 Å². The van der Waals surface area contributed by atoms with Crippen molar-refractivity contribution in [2.24, 2.45) is 16.9 Å². The molecule has 0 radical (unpaired) electrons. The Kier molecular flexibility index (Phi) is 5.81. The third-order valence-corrected chi connectivity index (χ3v) is 5.88. The van der Waals surface area contributed by atoms with Crippen LogP contribution in [0.15, 0.2) is 18.2 Å². The molecule has 3 rings (SSSR count). The molecule has 2 fully saturated rings. The van der Waals surface area contributed by atoms with Crippen LogP contribution in [0, 0.1) is 5.41 Å². The van der Waals surface area contributed by atoms with Crippen molar-refractivity contribution in [3.8, 4) is 0 Å². The maximum absolute atomic E-state index is 12.8. The first-order valence-electron chi connectivity index (χ1n) is 9.72. The smallest absolute Gasteiger partial charge is 0.248 e. The van der Waals surface area contributed by atoms with Crippen molar-refractivity contribution < 1.29 is 9.59 Å². The van der Waals surface area contributed by atoms with E-state index >= 15 is 0 Å². The van der Waals surface area contributed by atoms with E-state index in [2.05, 4.69) is 10.2 Å². The number of nitrogens with zero attached hydrogens (tertiary/aromatic N) is 1. The number of primary amides is 1. The first-order chi connectivity index (χ1) is 12.5. The van der Waals surface area contributed by atoms with Gasteiger partial charge in [0.05, 0.1) is 11.4 Å². The maximum Gasteiger partial charge on any atom is 0.248 e. The molecule has 2 aliphatic rings. The van der Waals surface area contributed by atoms with Crippen molar-refractivity contribution in [1.82, 2.24) is 0 Å². The van der Waals surface area contributed by atoms with E-state index in [1.54, 1.807) is 12.1 Å². The van der Waals surface area contributed by atoms with Crippen molar-refractivity contribution >= 4 is 23.2 Å². The van der Waals surface area contributed by atoms with Gasteiger partial charge >= 0.3 is 0 Å². The van der Waals surface area contributed by atoms with E-state index in [0.29, 0.717) is 24.2 Å². The maximum atomic E-state index is 12.8. The molecule has 1 aromatic rings. The van der Waals surface area contributed by atoms with Gasteiger partial charge in [0, 0.05) is 25.1 Å². The van der Waals surface area contributed by atoms with Gasteiger partial charge < -0.3 is 21.7 Å². The Bertz CT molecular complexity index is 662. The number of anilines is 2. The standard InChI is InChI=1S/C20H30N4O2/c21-14-20(8-2-1-3-9-20)13-18(25)23-16-12-15(19(22)26)6-7-17(16)24-10-4-5-11-24/h6-7,12H,1-5,8-11,13-14,21H2,(H2,22,26)(H,23,25). The highest BCUT2D eigenvalue weighted by Crippen LogP contribution is 2.39. The summed E-state index contributed by atoms with van der Waals surface area (Å²) in [5.74, 6) is -0.515. The van der Waals surface area contributed by atoms with Gasteiger partial charge in [-0.25, -0.2) is 0 Å². The fourth-order valence-electron chi connectivity index (χ4n) is 4.31. The van der Waals surface area contributed by atoms with Crippen LogP contribution in [0.1, 0.15) is 61.7 Å². The zero-order chi connectivity index (χ0) is 18.6. The molecule has 0 bridgehead atoms. The topological polar surface area (TPSA) is 101 Å². The molecule has 5 N–H and O–H groups in total. The van der Waals surface area contributed by atoms with Gasteiger partial charge in [0.2, 0.25) is 11.8 Å².